The number of fused-ring (bicyclic) bond motifs is 1. The number of hydrogen-bond acceptors (Lipinski definition) is 5. The molecule has 29 heavy (non-hydrogen) atoms. The highest BCUT2D eigenvalue weighted by molar-refractivity contribution is 5.95. The summed E-state index contributed by atoms with van der Waals surface area (Å²) in [5.41, 5.74) is 2.78. The lowest BCUT2D eigenvalue weighted by Crippen LogP contribution is -2.46. The summed E-state index contributed by atoms with van der Waals surface area (Å²) in [6, 6.07) is 11.3. The summed E-state index contributed by atoms with van der Waals surface area (Å²) < 4.78 is 1.73. The van der Waals surface area contributed by atoms with Crippen molar-refractivity contribution in [1.82, 2.24) is 30.1 Å². The first-order chi connectivity index (χ1) is 14.1. The summed E-state index contributed by atoms with van der Waals surface area (Å²) in [5.74, 6) is 0.0240. The highest BCUT2D eigenvalue weighted by atomic mass is 16.2. The summed E-state index contributed by atoms with van der Waals surface area (Å²) >= 11 is 0. The molecule has 0 atom stereocenters. The van der Waals surface area contributed by atoms with Crippen LogP contribution in [0.15, 0.2) is 48.8 Å². The zero-order valence-corrected chi connectivity index (χ0v) is 16.0. The first-order valence-electron chi connectivity index (χ1n) is 9.88. The molecule has 8 heteroatoms. The van der Waals surface area contributed by atoms with Crippen molar-refractivity contribution in [3.63, 3.8) is 0 Å². The molecule has 3 aromatic rings. The minimum Gasteiger partial charge on any atom is -0.353 e. The molecule has 148 valence electrons. The Hall–Kier alpha value is -3.26. The minimum atomic E-state index is -0.399. The maximum absolute atomic E-state index is 13.0. The van der Waals surface area contributed by atoms with Crippen molar-refractivity contribution in [3.8, 4) is 11.3 Å². The summed E-state index contributed by atoms with van der Waals surface area (Å²) in [6.07, 6.45) is 5.25. The first kappa shape index (κ1) is 17.8. The van der Waals surface area contributed by atoms with Crippen LogP contribution in [0.4, 0.5) is 0 Å². The van der Waals surface area contributed by atoms with Gasteiger partial charge < -0.3 is 15.5 Å². The monoisotopic (exact) mass is 390 g/mol. The molecule has 1 aliphatic carbocycles. The molecule has 1 aliphatic heterocycles. The van der Waals surface area contributed by atoms with Crippen LogP contribution in [-0.4, -0.2) is 63.0 Å². The smallest absolute Gasteiger partial charge is 0.253 e. The van der Waals surface area contributed by atoms with Crippen LogP contribution in [0.5, 0.6) is 0 Å². The van der Waals surface area contributed by atoms with Gasteiger partial charge in [-0.1, -0.05) is 12.1 Å². The third kappa shape index (κ3) is 3.36. The standard InChI is InChI=1S/C21H22N6O2/c28-19(26-12-9-23-20(29)21(7-8-21)24-11-13-26)16-3-1-15(2-4-16)17-5-6-18-22-10-14-27(18)25-17/h1-6,10,14,24H,7-9,11-13H2,(H,23,29). The molecule has 2 amide bonds. The fraction of sp³-hybridized carbons (Fsp3) is 0.333. The van der Waals surface area contributed by atoms with Crippen molar-refractivity contribution in [2.75, 3.05) is 26.2 Å². The number of aromatic nitrogens is 3. The van der Waals surface area contributed by atoms with Gasteiger partial charge in [-0.3, -0.25) is 9.59 Å². The summed E-state index contributed by atoms with van der Waals surface area (Å²) in [4.78, 5) is 31.2. The van der Waals surface area contributed by atoms with Gasteiger partial charge in [-0.2, -0.15) is 5.10 Å². The van der Waals surface area contributed by atoms with Crippen molar-refractivity contribution in [2.24, 2.45) is 0 Å². The maximum atomic E-state index is 13.0. The third-order valence-corrected chi connectivity index (χ3v) is 5.67. The van der Waals surface area contributed by atoms with E-state index in [0.717, 1.165) is 29.7 Å². The predicted molar refractivity (Wildman–Crippen MR) is 107 cm³/mol. The Morgan fingerprint density at radius 3 is 2.62 bits per heavy atom. The third-order valence-electron chi connectivity index (χ3n) is 5.67. The normalized spacial score (nSPS) is 18.8. The molecule has 0 radical (unpaired) electrons. The molecule has 2 N–H and O–H groups in total. The molecule has 1 spiro atoms. The first-order valence-corrected chi connectivity index (χ1v) is 9.88. The molecular weight excluding hydrogens is 368 g/mol. The highest BCUT2D eigenvalue weighted by Gasteiger charge is 2.49. The second-order valence-electron chi connectivity index (χ2n) is 7.58. The van der Waals surface area contributed by atoms with Gasteiger partial charge in [0.25, 0.3) is 5.91 Å². The lowest BCUT2D eigenvalue weighted by molar-refractivity contribution is -0.124. The Bertz CT molecular complexity index is 1070. The van der Waals surface area contributed by atoms with Crippen molar-refractivity contribution in [1.29, 1.82) is 0 Å². The van der Waals surface area contributed by atoms with E-state index in [4.69, 9.17) is 0 Å². The summed E-state index contributed by atoms with van der Waals surface area (Å²) in [6.45, 7) is 2.17. The number of benzene rings is 1. The Labute approximate surface area is 167 Å². The number of rotatable bonds is 2. The molecule has 1 aromatic carbocycles. The van der Waals surface area contributed by atoms with Gasteiger partial charge in [0, 0.05) is 49.7 Å². The molecule has 1 saturated carbocycles. The zero-order valence-electron chi connectivity index (χ0n) is 16.0. The summed E-state index contributed by atoms with van der Waals surface area (Å²) in [7, 11) is 0. The van der Waals surface area contributed by atoms with Gasteiger partial charge in [0.2, 0.25) is 5.91 Å². The Kier molecular flexibility index (Phi) is 4.28. The van der Waals surface area contributed by atoms with Gasteiger partial charge in [-0.05, 0) is 37.1 Å². The topological polar surface area (TPSA) is 91.6 Å². The molecule has 8 nitrogen and oxygen atoms in total. The van der Waals surface area contributed by atoms with Crippen molar-refractivity contribution < 1.29 is 9.59 Å². The lowest BCUT2D eigenvalue weighted by Gasteiger charge is -2.22. The number of nitrogens with one attached hydrogen (secondary N) is 2. The largest absolute Gasteiger partial charge is 0.353 e. The van der Waals surface area contributed by atoms with Crippen LogP contribution < -0.4 is 10.6 Å². The number of carbonyl (C=O) groups is 2. The predicted octanol–water partition coefficient (Wildman–Crippen LogP) is 1.09. The number of amides is 2. The number of nitrogens with zero attached hydrogens (tertiary/aromatic N) is 4. The average Bonchev–Trinajstić information content (AvgIpc) is 3.37. The molecule has 0 bridgehead atoms. The van der Waals surface area contributed by atoms with E-state index in [9.17, 15) is 9.59 Å². The number of hydrogen-bond donors (Lipinski definition) is 2. The molecule has 2 fully saturated rings. The summed E-state index contributed by atoms with van der Waals surface area (Å²) in [5, 5.41) is 10.8. The van der Waals surface area contributed by atoms with Crippen LogP contribution >= 0.6 is 0 Å². The molecular formula is C21H22N6O2. The Morgan fingerprint density at radius 2 is 1.83 bits per heavy atom. The van der Waals surface area contributed by atoms with E-state index in [-0.39, 0.29) is 11.8 Å². The second kappa shape index (κ2) is 6.97. The molecule has 5 rings (SSSR count). The molecule has 0 unspecified atom stereocenters. The van der Waals surface area contributed by atoms with E-state index in [1.807, 2.05) is 36.4 Å². The SMILES string of the molecule is O=C(c1ccc(-c2ccc3nccn3n2)cc1)N1CCNC(=O)C2(CC2)NCC1. The van der Waals surface area contributed by atoms with Crippen LogP contribution in [0.1, 0.15) is 23.2 Å². The van der Waals surface area contributed by atoms with Crippen molar-refractivity contribution in [2.45, 2.75) is 18.4 Å². The van der Waals surface area contributed by atoms with Gasteiger partial charge in [-0.15, -0.1) is 0 Å². The number of carbonyl (C=O) groups excluding carboxylic acids is 2. The van der Waals surface area contributed by atoms with E-state index in [1.54, 1.807) is 21.8 Å². The van der Waals surface area contributed by atoms with Crippen LogP contribution in [-0.2, 0) is 4.79 Å². The van der Waals surface area contributed by atoms with Crippen LogP contribution in [0, 0.1) is 0 Å². The van der Waals surface area contributed by atoms with E-state index >= 15 is 0 Å². The van der Waals surface area contributed by atoms with E-state index < -0.39 is 5.54 Å². The molecule has 1 saturated heterocycles. The Balaban J connectivity index is 1.31. The van der Waals surface area contributed by atoms with Crippen LogP contribution in [0.2, 0.25) is 0 Å². The van der Waals surface area contributed by atoms with E-state index in [2.05, 4.69) is 20.7 Å². The number of imidazole rings is 1. The molecule has 3 heterocycles. The Morgan fingerprint density at radius 1 is 1.03 bits per heavy atom. The zero-order chi connectivity index (χ0) is 19.8. The highest BCUT2D eigenvalue weighted by Crippen LogP contribution is 2.35. The van der Waals surface area contributed by atoms with Gasteiger partial charge in [0.15, 0.2) is 5.65 Å². The second-order valence-corrected chi connectivity index (χ2v) is 7.58. The molecule has 2 aromatic heterocycles. The van der Waals surface area contributed by atoms with Gasteiger partial charge >= 0.3 is 0 Å². The fourth-order valence-corrected chi connectivity index (χ4v) is 3.76. The maximum Gasteiger partial charge on any atom is 0.253 e. The van der Waals surface area contributed by atoms with Gasteiger partial charge in [0.05, 0.1) is 11.2 Å². The fourth-order valence-electron chi connectivity index (χ4n) is 3.76. The van der Waals surface area contributed by atoms with Crippen LogP contribution in [0.25, 0.3) is 16.9 Å². The minimum absolute atomic E-state index is 0.0302. The van der Waals surface area contributed by atoms with Gasteiger partial charge in [-0.25, -0.2) is 9.50 Å². The average molecular weight is 390 g/mol. The van der Waals surface area contributed by atoms with Crippen LogP contribution in [0.3, 0.4) is 0 Å². The van der Waals surface area contributed by atoms with Crippen molar-refractivity contribution >= 4 is 17.5 Å². The van der Waals surface area contributed by atoms with E-state index in [0.29, 0.717) is 31.7 Å². The van der Waals surface area contributed by atoms with Crippen molar-refractivity contribution in [3.05, 3.63) is 54.4 Å². The van der Waals surface area contributed by atoms with Gasteiger partial charge in [0.1, 0.15) is 0 Å². The quantitative estimate of drug-likeness (QED) is 0.684. The lowest BCUT2D eigenvalue weighted by atomic mass is 10.1. The molecule has 2 aliphatic rings. The van der Waals surface area contributed by atoms with E-state index in [1.165, 1.54) is 0 Å².